The Bertz CT molecular complexity index is 398. The monoisotopic (exact) mass is 268 g/mol. The summed E-state index contributed by atoms with van der Waals surface area (Å²) in [6.07, 6.45) is 1.40. The number of methoxy groups -OCH3 is 1. The molecule has 6 heteroatoms. The zero-order chi connectivity index (χ0) is 13.9. The molecule has 0 aliphatic carbocycles. The molecule has 4 N–H and O–H groups in total. The van der Waals surface area contributed by atoms with Gasteiger partial charge in [-0.1, -0.05) is 18.2 Å². The third kappa shape index (κ3) is 6.17. The summed E-state index contributed by atoms with van der Waals surface area (Å²) in [7, 11) is 1.65. The number of hydrogen-bond acceptors (Lipinski definition) is 3. The molecular weight excluding hydrogens is 247 g/mol. The summed E-state index contributed by atoms with van der Waals surface area (Å²) in [6.45, 7) is 1.85. The summed E-state index contributed by atoms with van der Waals surface area (Å²) in [5.41, 5.74) is 3.16. The van der Waals surface area contributed by atoms with Crippen LogP contribution in [0.5, 0.6) is 0 Å². The SMILES string of the molecule is COCCCN=C(NN)NCCc1ccccc1F. The van der Waals surface area contributed by atoms with E-state index < -0.39 is 0 Å². The molecule has 0 atom stereocenters. The van der Waals surface area contributed by atoms with Gasteiger partial charge in [0, 0.05) is 26.8 Å². The van der Waals surface area contributed by atoms with Gasteiger partial charge >= 0.3 is 0 Å². The predicted octanol–water partition coefficient (Wildman–Crippen LogP) is 0.814. The maximum absolute atomic E-state index is 13.4. The maximum atomic E-state index is 13.4. The van der Waals surface area contributed by atoms with Crippen molar-refractivity contribution in [3.63, 3.8) is 0 Å². The molecule has 0 saturated heterocycles. The van der Waals surface area contributed by atoms with Gasteiger partial charge in [-0.25, -0.2) is 10.2 Å². The van der Waals surface area contributed by atoms with Crippen LogP contribution in [-0.2, 0) is 11.2 Å². The number of nitrogens with zero attached hydrogens (tertiary/aromatic N) is 1. The molecule has 0 aliphatic heterocycles. The second-order valence-corrected chi connectivity index (χ2v) is 3.99. The Labute approximate surface area is 113 Å². The van der Waals surface area contributed by atoms with Crippen molar-refractivity contribution in [2.24, 2.45) is 10.8 Å². The Hall–Kier alpha value is -1.66. The summed E-state index contributed by atoms with van der Waals surface area (Å²) in [6, 6.07) is 6.72. The highest BCUT2D eigenvalue weighted by atomic mass is 19.1. The van der Waals surface area contributed by atoms with Gasteiger partial charge in [0.2, 0.25) is 5.96 Å². The zero-order valence-electron chi connectivity index (χ0n) is 11.2. The number of hydrogen-bond donors (Lipinski definition) is 3. The topological polar surface area (TPSA) is 71.7 Å². The van der Waals surface area contributed by atoms with Crippen molar-refractivity contribution in [1.82, 2.24) is 10.7 Å². The van der Waals surface area contributed by atoms with Crippen LogP contribution >= 0.6 is 0 Å². The second kappa shape index (κ2) is 9.29. The summed E-state index contributed by atoms with van der Waals surface area (Å²) < 4.78 is 18.3. The number of nitrogens with two attached hydrogens (primary N) is 1. The van der Waals surface area contributed by atoms with Gasteiger partial charge in [0.05, 0.1) is 0 Å². The predicted molar refractivity (Wildman–Crippen MR) is 74.2 cm³/mol. The van der Waals surface area contributed by atoms with Gasteiger partial charge in [0.1, 0.15) is 5.82 Å². The molecule has 1 aromatic carbocycles. The molecule has 5 nitrogen and oxygen atoms in total. The Kier molecular flexibility index (Phi) is 7.53. The van der Waals surface area contributed by atoms with Crippen LogP contribution in [0.15, 0.2) is 29.3 Å². The van der Waals surface area contributed by atoms with Gasteiger partial charge in [-0.2, -0.15) is 0 Å². The molecule has 0 fully saturated rings. The highest BCUT2D eigenvalue weighted by Crippen LogP contribution is 2.05. The molecule has 0 amide bonds. The van der Waals surface area contributed by atoms with Crippen molar-refractivity contribution in [2.45, 2.75) is 12.8 Å². The van der Waals surface area contributed by atoms with Gasteiger partial charge in [-0.3, -0.25) is 10.4 Å². The van der Waals surface area contributed by atoms with Crippen LogP contribution in [0.3, 0.4) is 0 Å². The fourth-order valence-corrected chi connectivity index (χ4v) is 1.57. The van der Waals surface area contributed by atoms with Crippen LogP contribution in [0.2, 0.25) is 0 Å². The lowest BCUT2D eigenvalue weighted by atomic mass is 10.1. The van der Waals surface area contributed by atoms with E-state index in [-0.39, 0.29) is 5.82 Å². The average Bonchev–Trinajstić information content (AvgIpc) is 2.43. The normalized spacial score (nSPS) is 11.4. The third-order valence-electron chi connectivity index (χ3n) is 2.56. The summed E-state index contributed by atoms with van der Waals surface area (Å²) in [5, 5.41) is 3.03. The number of guanidine groups is 1. The Balaban J connectivity index is 2.31. The molecule has 1 aromatic rings. The van der Waals surface area contributed by atoms with E-state index in [2.05, 4.69) is 15.7 Å². The first kappa shape index (κ1) is 15.4. The van der Waals surface area contributed by atoms with Crippen molar-refractivity contribution in [3.05, 3.63) is 35.6 Å². The number of rotatable bonds is 7. The molecular formula is C13H21FN4O. The smallest absolute Gasteiger partial charge is 0.205 e. The first-order chi connectivity index (χ1) is 9.27. The van der Waals surface area contributed by atoms with Crippen LogP contribution in [0.1, 0.15) is 12.0 Å². The lowest BCUT2D eigenvalue weighted by Crippen LogP contribution is -2.42. The molecule has 0 saturated carbocycles. The first-order valence-electron chi connectivity index (χ1n) is 6.25. The molecule has 106 valence electrons. The zero-order valence-corrected chi connectivity index (χ0v) is 11.2. The number of aliphatic imine (C=N–C) groups is 1. The standard InChI is InChI=1S/C13H21FN4O/c1-19-10-4-8-16-13(18-15)17-9-7-11-5-2-3-6-12(11)14/h2-3,5-6H,4,7-10,15H2,1H3,(H2,16,17,18). The van der Waals surface area contributed by atoms with Crippen LogP contribution in [0.4, 0.5) is 4.39 Å². The van der Waals surface area contributed by atoms with Crippen LogP contribution in [-0.4, -0.2) is 32.8 Å². The van der Waals surface area contributed by atoms with Gasteiger partial charge in [0.25, 0.3) is 0 Å². The van der Waals surface area contributed by atoms with E-state index in [1.165, 1.54) is 6.07 Å². The van der Waals surface area contributed by atoms with Crippen molar-refractivity contribution in [1.29, 1.82) is 0 Å². The lowest BCUT2D eigenvalue weighted by molar-refractivity contribution is 0.197. The van der Waals surface area contributed by atoms with Crippen molar-refractivity contribution in [3.8, 4) is 0 Å². The van der Waals surface area contributed by atoms with E-state index in [1.807, 2.05) is 6.07 Å². The number of nitrogens with one attached hydrogen (secondary N) is 2. The van der Waals surface area contributed by atoms with Crippen molar-refractivity contribution >= 4 is 5.96 Å². The van der Waals surface area contributed by atoms with E-state index in [0.29, 0.717) is 37.6 Å². The van der Waals surface area contributed by atoms with Gasteiger partial charge < -0.3 is 10.1 Å². The van der Waals surface area contributed by atoms with Crippen LogP contribution in [0.25, 0.3) is 0 Å². The summed E-state index contributed by atoms with van der Waals surface area (Å²) >= 11 is 0. The number of halogens is 1. The first-order valence-corrected chi connectivity index (χ1v) is 6.25. The number of hydrazine groups is 1. The van der Waals surface area contributed by atoms with E-state index in [0.717, 1.165) is 6.42 Å². The van der Waals surface area contributed by atoms with E-state index in [4.69, 9.17) is 10.6 Å². The Morgan fingerprint density at radius 2 is 2.21 bits per heavy atom. The average molecular weight is 268 g/mol. The van der Waals surface area contributed by atoms with Gasteiger partial charge in [-0.15, -0.1) is 0 Å². The third-order valence-corrected chi connectivity index (χ3v) is 2.56. The van der Waals surface area contributed by atoms with Gasteiger partial charge in [-0.05, 0) is 24.5 Å². The minimum Gasteiger partial charge on any atom is -0.385 e. The molecule has 0 bridgehead atoms. The highest BCUT2D eigenvalue weighted by molar-refractivity contribution is 5.79. The summed E-state index contributed by atoms with van der Waals surface area (Å²) in [5.74, 6) is 5.66. The largest absolute Gasteiger partial charge is 0.385 e. The molecule has 0 unspecified atom stereocenters. The molecule has 0 aromatic heterocycles. The quantitative estimate of drug-likeness (QED) is 0.225. The molecule has 0 radical (unpaired) electrons. The van der Waals surface area contributed by atoms with Crippen molar-refractivity contribution in [2.75, 3.05) is 26.8 Å². The van der Waals surface area contributed by atoms with E-state index >= 15 is 0 Å². The highest BCUT2D eigenvalue weighted by Gasteiger charge is 2.01. The molecule has 0 heterocycles. The number of ether oxygens (including phenoxy) is 1. The molecule has 1 rings (SSSR count). The molecule has 0 spiro atoms. The molecule has 19 heavy (non-hydrogen) atoms. The van der Waals surface area contributed by atoms with Gasteiger partial charge in [0.15, 0.2) is 0 Å². The molecule has 0 aliphatic rings. The Morgan fingerprint density at radius 1 is 1.42 bits per heavy atom. The van der Waals surface area contributed by atoms with E-state index in [1.54, 1.807) is 19.2 Å². The van der Waals surface area contributed by atoms with E-state index in [9.17, 15) is 4.39 Å². The number of benzene rings is 1. The maximum Gasteiger partial charge on any atom is 0.205 e. The summed E-state index contributed by atoms with van der Waals surface area (Å²) in [4.78, 5) is 4.23. The minimum absolute atomic E-state index is 0.191. The fraction of sp³-hybridized carbons (Fsp3) is 0.462. The van der Waals surface area contributed by atoms with Crippen molar-refractivity contribution < 1.29 is 9.13 Å². The lowest BCUT2D eigenvalue weighted by Gasteiger charge is -2.09. The van der Waals surface area contributed by atoms with Crippen LogP contribution < -0.4 is 16.6 Å². The second-order valence-electron chi connectivity index (χ2n) is 3.99. The fourth-order valence-electron chi connectivity index (χ4n) is 1.57. The Morgan fingerprint density at radius 3 is 2.89 bits per heavy atom. The van der Waals surface area contributed by atoms with Crippen LogP contribution in [0, 0.1) is 5.82 Å². The minimum atomic E-state index is -0.191.